The number of rotatable bonds is 5. The summed E-state index contributed by atoms with van der Waals surface area (Å²) >= 11 is 5.75. The molecule has 0 saturated carbocycles. The number of carbonyl (C=O) groups is 2. The van der Waals surface area contributed by atoms with E-state index in [1.165, 1.54) is 42.5 Å². The van der Waals surface area contributed by atoms with Gasteiger partial charge in [-0.3, -0.25) is 4.79 Å². The molecule has 156 valence electrons. The molecule has 1 aromatic carbocycles. The van der Waals surface area contributed by atoms with Gasteiger partial charge in [0.25, 0.3) is 5.91 Å². The van der Waals surface area contributed by atoms with Crippen molar-refractivity contribution in [3.8, 4) is 5.82 Å². The number of anilines is 1. The molecule has 11 heteroatoms. The summed E-state index contributed by atoms with van der Waals surface area (Å²) in [5.74, 6) is -1.77. The molecule has 3 rings (SSSR count). The first kappa shape index (κ1) is 21.3. The highest BCUT2D eigenvalue weighted by Crippen LogP contribution is 2.34. The Labute approximate surface area is 173 Å². The smallest absolute Gasteiger partial charge is 0.434 e. The van der Waals surface area contributed by atoms with Crippen LogP contribution in [0.2, 0.25) is 5.15 Å². The molecule has 1 N–H and O–H groups in total. The Bertz CT molecular complexity index is 1080. The molecule has 3 aromatic rings. The molecule has 0 unspecified atom stereocenters. The molecule has 0 atom stereocenters. The predicted octanol–water partition coefficient (Wildman–Crippen LogP) is 4.37. The van der Waals surface area contributed by atoms with Crippen molar-refractivity contribution in [1.29, 1.82) is 0 Å². The summed E-state index contributed by atoms with van der Waals surface area (Å²) in [5, 5.41) is 6.00. The number of nitrogens with one attached hydrogen (secondary N) is 1. The van der Waals surface area contributed by atoms with E-state index >= 15 is 0 Å². The first-order valence-corrected chi connectivity index (χ1v) is 8.95. The first-order chi connectivity index (χ1) is 14.2. The maximum atomic E-state index is 13.7. The second-order valence-corrected chi connectivity index (χ2v) is 6.27. The first-order valence-electron chi connectivity index (χ1n) is 8.57. The zero-order chi connectivity index (χ0) is 21.9. The fourth-order valence-corrected chi connectivity index (χ4v) is 2.74. The molecule has 0 spiro atoms. The van der Waals surface area contributed by atoms with Gasteiger partial charge in [-0.15, -0.1) is 0 Å². The Hall–Kier alpha value is -3.40. The van der Waals surface area contributed by atoms with Crippen LogP contribution in [-0.4, -0.2) is 33.2 Å². The van der Waals surface area contributed by atoms with E-state index in [1.807, 2.05) is 0 Å². The number of aromatic nitrogens is 3. The van der Waals surface area contributed by atoms with E-state index in [0.717, 1.165) is 6.20 Å². The lowest BCUT2D eigenvalue weighted by Gasteiger charge is -2.12. The third-order valence-corrected chi connectivity index (χ3v) is 4.06. The van der Waals surface area contributed by atoms with Crippen molar-refractivity contribution in [2.75, 3.05) is 11.9 Å². The second-order valence-electron chi connectivity index (χ2n) is 5.89. The van der Waals surface area contributed by atoms with E-state index < -0.39 is 29.3 Å². The van der Waals surface area contributed by atoms with Crippen molar-refractivity contribution in [1.82, 2.24) is 14.8 Å². The Balaban J connectivity index is 1.90. The number of pyridine rings is 1. The van der Waals surface area contributed by atoms with Gasteiger partial charge in [-0.05, 0) is 43.3 Å². The minimum atomic E-state index is -4.89. The van der Waals surface area contributed by atoms with Gasteiger partial charge in [-0.2, -0.15) is 18.3 Å². The zero-order valence-corrected chi connectivity index (χ0v) is 16.2. The molecule has 0 aliphatic heterocycles. The lowest BCUT2D eigenvalue weighted by molar-refractivity contribution is -0.143. The van der Waals surface area contributed by atoms with E-state index in [0.29, 0.717) is 4.68 Å². The summed E-state index contributed by atoms with van der Waals surface area (Å²) in [4.78, 5) is 28.0. The standard InChI is InChI=1S/C19H14ClF3N4O3/c1-2-30-18(29)11-6-8-12(9-7-11)25-17(28)13-10-24-27(16(13)19(21,22)23)15-5-3-4-14(20)26-15/h3-10H,2H2,1H3,(H,25,28). The Morgan fingerprint density at radius 3 is 2.47 bits per heavy atom. The van der Waals surface area contributed by atoms with Crippen LogP contribution in [0.5, 0.6) is 0 Å². The summed E-state index contributed by atoms with van der Waals surface area (Å²) in [6.45, 7) is 1.85. The number of nitrogens with zero attached hydrogens (tertiary/aromatic N) is 3. The van der Waals surface area contributed by atoms with Crippen molar-refractivity contribution >= 4 is 29.2 Å². The van der Waals surface area contributed by atoms with Crippen LogP contribution in [0.1, 0.15) is 33.3 Å². The fourth-order valence-electron chi connectivity index (χ4n) is 2.58. The Morgan fingerprint density at radius 2 is 1.87 bits per heavy atom. The Kier molecular flexibility index (Phi) is 6.06. The van der Waals surface area contributed by atoms with Gasteiger partial charge in [0.05, 0.1) is 23.9 Å². The normalized spacial score (nSPS) is 11.2. The largest absolute Gasteiger partial charge is 0.462 e. The van der Waals surface area contributed by atoms with E-state index in [4.69, 9.17) is 16.3 Å². The zero-order valence-electron chi connectivity index (χ0n) is 15.4. The quantitative estimate of drug-likeness (QED) is 0.472. The van der Waals surface area contributed by atoms with E-state index in [1.54, 1.807) is 6.92 Å². The van der Waals surface area contributed by atoms with E-state index in [9.17, 15) is 22.8 Å². The second kappa shape index (κ2) is 8.54. The lowest BCUT2D eigenvalue weighted by Crippen LogP contribution is -2.21. The maximum Gasteiger partial charge on any atom is 0.434 e. The van der Waals surface area contributed by atoms with Gasteiger partial charge in [0, 0.05) is 5.69 Å². The minimum absolute atomic E-state index is 0.0242. The van der Waals surface area contributed by atoms with Crippen LogP contribution in [0.15, 0.2) is 48.7 Å². The van der Waals surface area contributed by atoms with Gasteiger partial charge in [-0.25, -0.2) is 14.5 Å². The van der Waals surface area contributed by atoms with Gasteiger partial charge in [0.15, 0.2) is 11.5 Å². The average molecular weight is 439 g/mol. The van der Waals surface area contributed by atoms with Crippen LogP contribution in [0, 0.1) is 0 Å². The molecule has 0 radical (unpaired) electrons. The molecule has 2 heterocycles. The van der Waals surface area contributed by atoms with Crippen molar-refractivity contribution in [3.05, 3.63) is 70.6 Å². The molecule has 1 amide bonds. The van der Waals surface area contributed by atoms with Crippen LogP contribution in [-0.2, 0) is 10.9 Å². The molecule has 0 fully saturated rings. The van der Waals surface area contributed by atoms with Crippen LogP contribution in [0.25, 0.3) is 5.82 Å². The maximum absolute atomic E-state index is 13.7. The van der Waals surface area contributed by atoms with E-state index in [-0.39, 0.29) is 28.8 Å². The molecule has 0 aliphatic rings. The summed E-state index contributed by atoms with van der Waals surface area (Å²) in [6, 6.07) is 9.62. The molecule has 2 aromatic heterocycles. The number of esters is 1. The summed E-state index contributed by atoms with van der Waals surface area (Å²) in [6.07, 6.45) is -4.09. The van der Waals surface area contributed by atoms with Crippen molar-refractivity contribution in [2.45, 2.75) is 13.1 Å². The highest BCUT2D eigenvalue weighted by molar-refractivity contribution is 6.29. The molecule has 30 heavy (non-hydrogen) atoms. The third kappa shape index (κ3) is 4.60. The predicted molar refractivity (Wildman–Crippen MR) is 102 cm³/mol. The SMILES string of the molecule is CCOC(=O)c1ccc(NC(=O)c2cnn(-c3cccc(Cl)n3)c2C(F)(F)F)cc1. The third-order valence-electron chi connectivity index (χ3n) is 3.85. The van der Waals surface area contributed by atoms with Crippen molar-refractivity contribution in [2.24, 2.45) is 0 Å². The minimum Gasteiger partial charge on any atom is -0.462 e. The van der Waals surface area contributed by atoms with Crippen LogP contribution in [0.3, 0.4) is 0 Å². The lowest BCUT2D eigenvalue weighted by atomic mass is 10.2. The molecular weight excluding hydrogens is 425 g/mol. The number of benzene rings is 1. The van der Waals surface area contributed by atoms with Gasteiger partial charge < -0.3 is 10.1 Å². The van der Waals surface area contributed by atoms with Gasteiger partial charge >= 0.3 is 12.1 Å². The summed E-state index contributed by atoms with van der Waals surface area (Å²) in [5.41, 5.74) is -1.56. The van der Waals surface area contributed by atoms with E-state index in [2.05, 4.69) is 15.4 Å². The van der Waals surface area contributed by atoms with Gasteiger partial charge in [0.1, 0.15) is 5.15 Å². The highest BCUT2D eigenvalue weighted by atomic mass is 35.5. The number of hydrogen-bond acceptors (Lipinski definition) is 5. The summed E-state index contributed by atoms with van der Waals surface area (Å²) < 4.78 is 46.4. The number of halogens is 4. The summed E-state index contributed by atoms with van der Waals surface area (Å²) in [7, 11) is 0. The highest BCUT2D eigenvalue weighted by Gasteiger charge is 2.41. The topological polar surface area (TPSA) is 86.1 Å². The van der Waals surface area contributed by atoms with Crippen molar-refractivity contribution in [3.63, 3.8) is 0 Å². The number of hydrogen-bond donors (Lipinski definition) is 1. The van der Waals surface area contributed by atoms with Crippen LogP contribution < -0.4 is 5.32 Å². The Morgan fingerprint density at radius 1 is 1.17 bits per heavy atom. The monoisotopic (exact) mass is 438 g/mol. The fraction of sp³-hybridized carbons (Fsp3) is 0.158. The molecule has 0 saturated heterocycles. The molecule has 0 bridgehead atoms. The number of ether oxygens (including phenoxy) is 1. The van der Waals surface area contributed by atoms with Gasteiger partial charge in [0.2, 0.25) is 0 Å². The molecule has 0 aliphatic carbocycles. The van der Waals surface area contributed by atoms with Crippen LogP contribution in [0.4, 0.5) is 18.9 Å². The molecular formula is C19H14ClF3N4O3. The number of alkyl halides is 3. The van der Waals surface area contributed by atoms with Crippen LogP contribution >= 0.6 is 11.6 Å². The number of amides is 1. The molecule has 7 nitrogen and oxygen atoms in total. The average Bonchev–Trinajstić information content (AvgIpc) is 3.15. The van der Waals surface area contributed by atoms with Gasteiger partial charge in [-0.1, -0.05) is 17.7 Å². The number of carbonyl (C=O) groups excluding carboxylic acids is 2. The van der Waals surface area contributed by atoms with Crippen molar-refractivity contribution < 1.29 is 27.5 Å².